The van der Waals surface area contributed by atoms with Gasteiger partial charge >= 0.3 is 0 Å². The fourth-order valence-electron chi connectivity index (χ4n) is 4.90. The summed E-state index contributed by atoms with van der Waals surface area (Å²) < 4.78 is 0. The molecule has 0 amide bonds. The zero-order chi connectivity index (χ0) is 16.2. The van der Waals surface area contributed by atoms with Crippen molar-refractivity contribution in [2.75, 3.05) is 0 Å². The van der Waals surface area contributed by atoms with E-state index in [0.29, 0.717) is 0 Å². The second kappa shape index (κ2) is 7.55. The molecule has 0 spiro atoms. The SMILES string of the molecule is c1ccc(-c2cc(C3CCCCC3)ccc2C2CCCCC2)cc1. The first-order valence-electron chi connectivity index (χ1n) is 10.1. The van der Waals surface area contributed by atoms with Gasteiger partial charge in [0, 0.05) is 0 Å². The van der Waals surface area contributed by atoms with Gasteiger partial charge in [0.05, 0.1) is 0 Å². The van der Waals surface area contributed by atoms with Crippen molar-refractivity contribution in [1.29, 1.82) is 0 Å². The largest absolute Gasteiger partial charge is 0.0622 e. The smallest absolute Gasteiger partial charge is 0.0146 e. The molecule has 2 aliphatic rings. The molecule has 24 heavy (non-hydrogen) atoms. The molecule has 0 bridgehead atoms. The van der Waals surface area contributed by atoms with E-state index in [2.05, 4.69) is 48.5 Å². The summed E-state index contributed by atoms with van der Waals surface area (Å²) in [5.41, 5.74) is 6.13. The van der Waals surface area contributed by atoms with Crippen LogP contribution in [0.5, 0.6) is 0 Å². The number of hydrogen-bond acceptors (Lipinski definition) is 0. The third-order valence-electron chi connectivity index (χ3n) is 6.28. The van der Waals surface area contributed by atoms with Crippen LogP contribution in [0.15, 0.2) is 48.5 Å². The molecule has 2 saturated carbocycles. The van der Waals surface area contributed by atoms with E-state index in [4.69, 9.17) is 0 Å². The highest BCUT2D eigenvalue weighted by atomic mass is 14.3. The van der Waals surface area contributed by atoms with E-state index in [9.17, 15) is 0 Å². The molecule has 0 saturated heterocycles. The Morgan fingerprint density at radius 3 is 1.88 bits per heavy atom. The van der Waals surface area contributed by atoms with E-state index in [0.717, 1.165) is 11.8 Å². The number of hydrogen-bond donors (Lipinski definition) is 0. The Morgan fingerprint density at radius 2 is 1.21 bits per heavy atom. The zero-order valence-electron chi connectivity index (χ0n) is 14.8. The molecule has 2 fully saturated rings. The third-order valence-corrected chi connectivity index (χ3v) is 6.28. The minimum Gasteiger partial charge on any atom is -0.0622 e. The van der Waals surface area contributed by atoms with Crippen LogP contribution in [0, 0.1) is 0 Å². The zero-order valence-corrected chi connectivity index (χ0v) is 14.8. The van der Waals surface area contributed by atoms with E-state index in [1.807, 2.05) is 0 Å². The summed E-state index contributed by atoms with van der Waals surface area (Å²) in [4.78, 5) is 0. The minimum atomic E-state index is 0.773. The van der Waals surface area contributed by atoms with Crippen molar-refractivity contribution in [2.24, 2.45) is 0 Å². The molecule has 0 aromatic heterocycles. The van der Waals surface area contributed by atoms with Crippen molar-refractivity contribution in [3.05, 3.63) is 59.7 Å². The predicted molar refractivity (Wildman–Crippen MR) is 104 cm³/mol. The van der Waals surface area contributed by atoms with Crippen LogP contribution >= 0.6 is 0 Å². The van der Waals surface area contributed by atoms with Crippen molar-refractivity contribution in [3.8, 4) is 11.1 Å². The summed E-state index contributed by atoms with van der Waals surface area (Å²) in [5.74, 6) is 1.57. The van der Waals surface area contributed by atoms with E-state index in [-0.39, 0.29) is 0 Å². The fourth-order valence-corrected chi connectivity index (χ4v) is 4.90. The first kappa shape index (κ1) is 15.9. The summed E-state index contributed by atoms with van der Waals surface area (Å²) in [6, 6.07) is 18.6. The summed E-state index contributed by atoms with van der Waals surface area (Å²) >= 11 is 0. The normalized spacial score (nSPS) is 20.2. The van der Waals surface area contributed by atoms with Gasteiger partial charge < -0.3 is 0 Å². The molecule has 0 heterocycles. The van der Waals surface area contributed by atoms with Crippen molar-refractivity contribution in [2.45, 2.75) is 76.0 Å². The second-order valence-corrected chi connectivity index (χ2v) is 7.88. The van der Waals surface area contributed by atoms with Crippen LogP contribution in [0.2, 0.25) is 0 Å². The first-order chi connectivity index (χ1) is 11.9. The van der Waals surface area contributed by atoms with E-state index < -0.39 is 0 Å². The maximum absolute atomic E-state index is 2.55. The minimum absolute atomic E-state index is 0.773. The molecule has 4 rings (SSSR count). The van der Waals surface area contributed by atoms with Crippen LogP contribution < -0.4 is 0 Å². The molecule has 0 N–H and O–H groups in total. The predicted octanol–water partition coefficient (Wildman–Crippen LogP) is 7.45. The van der Waals surface area contributed by atoms with Crippen LogP contribution in [0.3, 0.4) is 0 Å². The van der Waals surface area contributed by atoms with Crippen molar-refractivity contribution < 1.29 is 0 Å². The number of rotatable bonds is 3. The molecule has 0 nitrogen and oxygen atoms in total. The van der Waals surface area contributed by atoms with Gasteiger partial charge in [-0.25, -0.2) is 0 Å². The lowest BCUT2D eigenvalue weighted by atomic mass is 9.78. The van der Waals surface area contributed by atoms with Crippen LogP contribution in [-0.2, 0) is 0 Å². The van der Waals surface area contributed by atoms with Crippen LogP contribution in [0.1, 0.15) is 87.2 Å². The van der Waals surface area contributed by atoms with Crippen LogP contribution in [-0.4, -0.2) is 0 Å². The van der Waals surface area contributed by atoms with Gasteiger partial charge in [-0.05, 0) is 59.8 Å². The highest BCUT2D eigenvalue weighted by molar-refractivity contribution is 5.69. The lowest BCUT2D eigenvalue weighted by Gasteiger charge is -2.27. The Hall–Kier alpha value is -1.56. The standard InChI is InChI=1S/C24H30/c1-4-10-19(11-5-1)22-16-17-23(20-12-6-2-7-13-20)24(18-22)21-14-8-3-9-15-21/h3,8-9,14-20H,1-2,4-7,10-13H2. The monoisotopic (exact) mass is 318 g/mol. The Kier molecular flexibility index (Phi) is 5.02. The van der Waals surface area contributed by atoms with Gasteiger partial charge in [-0.1, -0.05) is 87.1 Å². The van der Waals surface area contributed by atoms with E-state index >= 15 is 0 Å². The van der Waals surface area contributed by atoms with Gasteiger partial charge in [-0.2, -0.15) is 0 Å². The maximum Gasteiger partial charge on any atom is -0.0146 e. The highest BCUT2D eigenvalue weighted by Crippen LogP contribution is 2.41. The topological polar surface area (TPSA) is 0 Å². The fraction of sp³-hybridized carbons (Fsp3) is 0.500. The Balaban J connectivity index is 1.72. The lowest BCUT2D eigenvalue weighted by molar-refractivity contribution is 0.439. The summed E-state index contributed by atoms with van der Waals surface area (Å²) in [6.45, 7) is 0. The van der Waals surface area contributed by atoms with Crippen LogP contribution in [0.4, 0.5) is 0 Å². The average Bonchev–Trinajstić information content (AvgIpc) is 2.69. The Bertz CT molecular complexity index is 643. The molecule has 126 valence electrons. The molecule has 2 aromatic carbocycles. The molecule has 0 aliphatic heterocycles. The van der Waals surface area contributed by atoms with Gasteiger partial charge in [0.2, 0.25) is 0 Å². The molecule has 2 aliphatic carbocycles. The molecule has 0 unspecified atom stereocenters. The lowest BCUT2D eigenvalue weighted by Crippen LogP contribution is -2.08. The summed E-state index contributed by atoms with van der Waals surface area (Å²) in [7, 11) is 0. The van der Waals surface area contributed by atoms with Crippen molar-refractivity contribution in [1.82, 2.24) is 0 Å². The molecule has 0 heteroatoms. The summed E-state index contributed by atoms with van der Waals surface area (Å²) in [6.07, 6.45) is 14.0. The molecule has 0 atom stereocenters. The molecule has 2 aromatic rings. The van der Waals surface area contributed by atoms with Gasteiger partial charge in [-0.3, -0.25) is 0 Å². The Morgan fingerprint density at radius 1 is 0.583 bits per heavy atom. The molecular formula is C24H30. The second-order valence-electron chi connectivity index (χ2n) is 7.88. The Labute approximate surface area is 147 Å². The maximum atomic E-state index is 2.55. The molecule has 0 radical (unpaired) electrons. The van der Waals surface area contributed by atoms with E-state index in [1.165, 1.54) is 75.3 Å². The van der Waals surface area contributed by atoms with E-state index in [1.54, 1.807) is 11.1 Å². The quantitative estimate of drug-likeness (QED) is 0.551. The van der Waals surface area contributed by atoms with Gasteiger partial charge in [0.1, 0.15) is 0 Å². The van der Waals surface area contributed by atoms with Crippen molar-refractivity contribution >= 4 is 0 Å². The first-order valence-corrected chi connectivity index (χ1v) is 10.1. The highest BCUT2D eigenvalue weighted by Gasteiger charge is 2.22. The van der Waals surface area contributed by atoms with Gasteiger partial charge in [0.25, 0.3) is 0 Å². The average molecular weight is 319 g/mol. The van der Waals surface area contributed by atoms with Gasteiger partial charge in [-0.15, -0.1) is 0 Å². The number of benzene rings is 2. The van der Waals surface area contributed by atoms with Crippen LogP contribution in [0.25, 0.3) is 11.1 Å². The van der Waals surface area contributed by atoms with Crippen molar-refractivity contribution in [3.63, 3.8) is 0 Å². The molecular weight excluding hydrogens is 288 g/mol. The third kappa shape index (κ3) is 3.43. The van der Waals surface area contributed by atoms with Gasteiger partial charge in [0.15, 0.2) is 0 Å². The summed E-state index contributed by atoms with van der Waals surface area (Å²) in [5, 5.41) is 0.